The third-order valence-corrected chi connectivity index (χ3v) is 5.89. The molecule has 5 heteroatoms. The minimum Gasteiger partial charge on any atom is -0.346 e. The second kappa shape index (κ2) is 5.43. The zero-order valence-corrected chi connectivity index (χ0v) is 14.8. The fourth-order valence-electron chi connectivity index (χ4n) is 4.04. The van der Waals surface area contributed by atoms with Crippen molar-refractivity contribution in [1.29, 1.82) is 10.7 Å². The van der Waals surface area contributed by atoms with Gasteiger partial charge in [0.15, 0.2) is 5.96 Å². The Balaban J connectivity index is 1.80. The molecule has 130 valence electrons. The summed E-state index contributed by atoms with van der Waals surface area (Å²) in [6, 6.07) is 17.7. The molecule has 2 aromatic carbocycles. The third kappa shape index (κ3) is 2.15. The van der Waals surface area contributed by atoms with Crippen molar-refractivity contribution in [3.63, 3.8) is 0 Å². The minimum absolute atomic E-state index is 0.0145. The van der Waals surface area contributed by atoms with E-state index in [1.807, 2.05) is 43.3 Å². The predicted molar refractivity (Wildman–Crippen MR) is 99.2 cm³/mol. The Morgan fingerprint density at radius 3 is 2.46 bits per heavy atom. The highest BCUT2D eigenvalue weighted by molar-refractivity contribution is 6.03. The molecule has 1 aliphatic carbocycles. The Kier molecular flexibility index (Phi) is 3.42. The molecule has 2 aromatic rings. The molecule has 1 spiro atoms. The van der Waals surface area contributed by atoms with Gasteiger partial charge in [0.05, 0.1) is 22.6 Å². The van der Waals surface area contributed by atoms with Crippen molar-refractivity contribution in [2.75, 3.05) is 7.05 Å². The van der Waals surface area contributed by atoms with Gasteiger partial charge in [0.1, 0.15) is 0 Å². The van der Waals surface area contributed by atoms with E-state index >= 15 is 0 Å². The van der Waals surface area contributed by atoms with E-state index < -0.39 is 11.0 Å². The summed E-state index contributed by atoms with van der Waals surface area (Å²) in [5.74, 6) is 0.146. The van der Waals surface area contributed by atoms with Crippen LogP contribution in [0.15, 0.2) is 48.5 Å². The molecule has 1 saturated carbocycles. The fraction of sp³-hybridized carbons (Fsp3) is 0.286. The molecule has 2 N–H and O–H groups in total. The Labute approximate surface area is 152 Å². The van der Waals surface area contributed by atoms with Gasteiger partial charge in [0.2, 0.25) is 5.91 Å². The van der Waals surface area contributed by atoms with E-state index in [0.717, 1.165) is 29.5 Å². The number of carbonyl (C=O) groups excluding carboxylic acids is 1. The van der Waals surface area contributed by atoms with E-state index in [1.165, 1.54) is 4.90 Å². The fourth-order valence-corrected chi connectivity index (χ4v) is 4.04. The summed E-state index contributed by atoms with van der Waals surface area (Å²) in [7, 11) is 1.65. The molecule has 0 radical (unpaired) electrons. The van der Waals surface area contributed by atoms with E-state index in [1.54, 1.807) is 13.1 Å². The van der Waals surface area contributed by atoms with Crippen LogP contribution in [-0.4, -0.2) is 23.8 Å². The average molecular weight is 344 g/mol. The Morgan fingerprint density at radius 1 is 1.15 bits per heavy atom. The van der Waals surface area contributed by atoms with E-state index in [0.29, 0.717) is 5.56 Å². The summed E-state index contributed by atoms with van der Waals surface area (Å²) in [6.07, 6.45) is 1.64. The Morgan fingerprint density at radius 2 is 1.81 bits per heavy atom. The number of amides is 1. The maximum absolute atomic E-state index is 12.9. The number of nitrogens with zero attached hydrogens (tertiary/aromatic N) is 2. The zero-order valence-electron chi connectivity index (χ0n) is 14.8. The SMILES string of the molecule is CN1C(=N)NC(C)(c2cccc(-c3cccc(C#N)c3)c2)C2(CC2)C1=O. The van der Waals surface area contributed by atoms with Gasteiger partial charge in [-0.15, -0.1) is 0 Å². The largest absolute Gasteiger partial charge is 0.346 e. The van der Waals surface area contributed by atoms with Crippen LogP contribution in [0, 0.1) is 22.2 Å². The number of benzene rings is 2. The molecule has 2 aliphatic rings. The van der Waals surface area contributed by atoms with Gasteiger partial charge in [-0.2, -0.15) is 5.26 Å². The molecule has 1 saturated heterocycles. The van der Waals surface area contributed by atoms with E-state index in [2.05, 4.69) is 17.5 Å². The first kappa shape index (κ1) is 16.3. The average Bonchev–Trinajstić information content (AvgIpc) is 3.48. The Hall–Kier alpha value is -3.13. The van der Waals surface area contributed by atoms with Crippen LogP contribution >= 0.6 is 0 Å². The molecule has 1 heterocycles. The summed E-state index contributed by atoms with van der Waals surface area (Å²) in [5.41, 5.74) is 2.47. The zero-order chi connectivity index (χ0) is 18.5. The lowest BCUT2D eigenvalue weighted by molar-refractivity contribution is -0.137. The van der Waals surface area contributed by atoms with Gasteiger partial charge in [-0.05, 0) is 54.7 Å². The molecular formula is C21H20N4O. The van der Waals surface area contributed by atoms with Gasteiger partial charge in [0.25, 0.3) is 0 Å². The number of guanidine groups is 1. The number of hydrogen-bond acceptors (Lipinski definition) is 3. The van der Waals surface area contributed by atoms with Gasteiger partial charge in [-0.25, -0.2) is 0 Å². The maximum atomic E-state index is 12.9. The van der Waals surface area contributed by atoms with Gasteiger partial charge in [-0.3, -0.25) is 15.1 Å². The number of hydrogen-bond donors (Lipinski definition) is 2. The Bertz CT molecular complexity index is 970. The first-order valence-electron chi connectivity index (χ1n) is 8.67. The van der Waals surface area contributed by atoms with Gasteiger partial charge in [-0.1, -0.05) is 30.3 Å². The van der Waals surface area contributed by atoms with Crippen molar-refractivity contribution >= 4 is 11.9 Å². The maximum Gasteiger partial charge on any atom is 0.237 e. The van der Waals surface area contributed by atoms with Crippen LogP contribution in [0.5, 0.6) is 0 Å². The quantitative estimate of drug-likeness (QED) is 0.878. The molecule has 4 rings (SSSR count). The van der Waals surface area contributed by atoms with Crippen LogP contribution in [0.3, 0.4) is 0 Å². The van der Waals surface area contributed by atoms with Gasteiger partial charge >= 0.3 is 0 Å². The van der Waals surface area contributed by atoms with Crippen molar-refractivity contribution in [2.24, 2.45) is 5.41 Å². The van der Waals surface area contributed by atoms with Crippen LogP contribution in [0.4, 0.5) is 0 Å². The van der Waals surface area contributed by atoms with Crippen LogP contribution in [0.1, 0.15) is 30.9 Å². The van der Waals surface area contributed by atoms with E-state index in [4.69, 9.17) is 10.7 Å². The molecule has 0 aromatic heterocycles. The lowest BCUT2D eigenvalue weighted by Gasteiger charge is -2.46. The van der Waals surface area contributed by atoms with E-state index in [9.17, 15) is 4.79 Å². The standard InChI is InChI=1S/C21H20N4O/c1-20(21(9-10-21)18(26)25(2)19(23)24-20)17-8-4-7-16(12-17)15-6-3-5-14(11-15)13-22/h3-8,11-12H,9-10H2,1-2H3,(H2,23,24). The highest BCUT2D eigenvalue weighted by atomic mass is 16.2. The normalized spacial score (nSPS) is 23.5. The molecule has 2 fully saturated rings. The first-order chi connectivity index (χ1) is 12.4. The molecule has 1 atom stereocenters. The van der Waals surface area contributed by atoms with Crippen LogP contribution < -0.4 is 5.32 Å². The second-order valence-electron chi connectivity index (χ2n) is 7.32. The monoisotopic (exact) mass is 344 g/mol. The van der Waals surface area contributed by atoms with Crippen molar-refractivity contribution < 1.29 is 4.79 Å². The van der Waals surface area contributed by atoms with Crippen molar-refractivity contribution in [3.05, 3.63) is 59.7 Å². The van der Waals surface area contributed by atoms with Crippen LogP contribution in [0.2, 0.25) is 0 Å². The predicted octanol–water partition coefficient (Wildman–Crippen LogP) is 3.22. The molecular weight excluding hydrogens is 324 g/mol. The molecule has 5 nitrogen and oxygen atoms in total. The summed E-state index contributed by atoms with van der Waals surface area (Å²) >= 11 is 0. The van der Waals surface area contributed by atoms with Crippen molar-refractivity contribution in [1.82, 2.24) is 10.2 Å². The summed E-state index contributed by atoms with van der Waals surface area (Å²) in [5, 5.41) is 20.6. The number of rotatable bonds is 2. The topological polar surface area (TPSA) is 80.0 Å². The molecule has 26 heavy (non-hydrogen) atoms. The van der Waals surface area contributed by atoms with Gasteiger partial charge in [0, 0.05) is 7.05 Å². The van der Waals surface area contributed by atoms with E-state index in [-0.39, 0.29) is 11.9 Å². The highest BCUT2D eigenvalue weighted by Gasteiger charge is 2.66. The summed E-state index contributed by atoms with van der Waals surface area (Å²) < 4.78 is 0. The first-order valence-corrected chi connectivity index (χ1v) is 8.67. The molecule has 0 bridgehead atoms. The summed E-state index contributed by atoms with van der Waals surface area (Å²) in [4.78, 5) is 14.3. The minimum atomic E-state index is -0.615. The smallest absolute Gasteiger partial charge is 0.237 e. The molecule has 1 aliphatic heterocycles. The lowest BCUT2D eigenvalue weighted by Crippen LogP contribution is -2.65. The van der Waals surface area contributed by atoms with Crippen molar-refractivity contribution in [3.8, 4) is 17.2 Å². The lowest BCUT2D eigenvalue weighted by atomic mass is 9.74. The number of carbonyl (C=O) groups is 1. The number of nitrogens with one attached hydrogen (secondary N) is 2. The molecule has 1 unspecified atom stereocenters. The second-order valence-corrected chi connectivity index (χ2v) is 7.32. The third-order valence-electron chi connectivity index (χ3n) is 5.89. The van der Waals surface area contributed by atoms with Crippen molar-refractivity contribution in [2.45, 2.75) is 25.3 Å². The van der Waals surface area contributed by atoms with Crippen LogP contribution in [-0.2, 0) is 10.3 Å². The van der Waals surface area contributed by atoms with Crippen LogP contribution in [0.25, 0.3) is 11.1 Å². The summed E-state index contributed by atoms with van der Waals surface area (Å²) in [6.45, 7) is 2.02. The number of nitriles is 1. The highest BCUT2D eigenvalue weighted by Crippen LogP contribution is 2.60. The molecule has 1 amide bonds. The van der Waals surface area contributed by atoms with Gasteiger partial charge < -0.3 is 5.32 Å².